The van der Waals surface area contributed by atoms with Crippen LogP contribution in [0.5, 0.6) is 5.75 Å². The standard InChI is InChI=1S/C16H21N3O/c1-3-8-18-16-13-6-4-5-7-15(13)20-11-14(16)19-10-9-17-12(19)2/h4-7,9-10,14,16,18H,3,8,11H2,1-2H3. The summed E-state index contributed by atoms with van der Waals surface area (Å²) in [6.07, 6.45) is 5.01. The fraction of sp³-hybridized carbons (Fsp3) is 0.438. The topological polar surface area (TPSA) is 39.1 Å². The van der Waals surface area contributed by atoms with E-state index in [1.54, 1.807) is 0 Å². The number of para-hydroxylation sites is 1. The number of nitrogens with one attached hydrogen (secondary N) is 1. The minimum atomic E-state index is 0.249. The van der Waals surface area contributed by atoms with Crippen LogP contribution in [-0.4, -0.2) is 22.7 Å². The van der Waals surface area contributed by atoms with E-state index in [4.69, 9.17) is 4.74 Å². The van der Waals surface area contributed by atoms with E-state index in [9.17, 15) is 0 Å². The first kappa shape index (κ1) is 13.2. The number of aryl methyl sites for hydroxylation is 1. The molecular formula is C16H21N3O. The molecule has 0 bridgehead atoms. The number of fused-ring (bicyclic) bond motifs is 1. The summed E-state index contributed by atoms with van der Waals surface area (Å²) in [5, 5.41) is 3.66. The molecule has 1 aromatic heterocycles. The number of ether oxygens (including phenoxy) is 1. The van der Waals surface area contributed by atoms with Crippen molar-refractivity contribution in [1.29, 1.82) is 0 Å². The van der Waals surface area contributed by atoms with Crippen molar-refractivity contribution in [3.8, 4) is 5.75 Å². The largest absolute Gasteiger partial charge is 0.491 e. The Bertz CT molecular complexity index is 579. The summed E-state index contributed by atoms with van der Waals surface area (Å²) in [6.45, 7) is 5.91. The van der Waals surface area contributed by atoms with Gasteiger partial charge in [0.25, 0.3) is 0 Å². The highest BCUT2D eigenvalue weighted by Crippen LogP contribution is 2.38. The summed E-state index contributed by atoms with van der Waals surface area (Å²) in [5.41, 5.74) is 1.24. The van der Waals surface area contributed by atoms with Crippen molar-refractivity contribution in [2.45, 2.75) is 32.4 Å². The second-order valence-corrected chi connectivity index (χ2v) is 5.23. The Hall–Kier alpha value is -1.81. The lowest BCUT2D eigenvalue weighted by Gasteiger charge is -2.35. The lowest BCUT2D eigenvalue weighted by atomic mass is 9.95. The summed E-state index contributed by atoms with van der Waals surface area (Å²) >= 11 is 0. The molecule has 2 atom stereocenters. The molecule has 4 nitrogen and oxygen atoms in total. The van der Waals surface area contributed by atoms with Crippen LogP contribution in [0, 0.1) is 6.92 Å². The fourth-order valence-electron chi connectivity index (χ4n) is 2.87. The maximum Gasteiger partial charge on any atom is 0.124 e. The average Bonchev–Trinajstić information content (AvgIpc) is 2.90. The minimum absolute atomic E-state index is 0.249. The van der Waals surface area contributed by atoms with Crippen molar-refractivity contribution < 1.29 is 4.74 Å². The Kier molecular flexibility index (Phi) is 3.74. The Labute approximate surface area is 119 Å². The first-order valence-corrected chi connectivity index (χ1v) is 7.25. The molecule has 1 N–H and O–H groups in total. The first-order valence-electron chi connectivity index (χ1n) is 7.25. The van der Waals surface area contributed by atoms with Crippen molar-refractivity contribution in [1.82, 2.24) is 14.9 Å². The predicted molar refractivity (Wildman–Crippen MR) is 79.0 cm³/mol. The molecule has 0 spiro atoms. The van der Waals surface area contributed by atoms with Gasteiger partial charge in [0.2, 0.25) is 0 Å². The van der Waals surface area contributed by atoms with Gasteiger partial charge >= 0.3 is 0 Å². The molecule has 0 aliphatic carbocycles. The average molecular weight is 271 g/mol. The van der Waals surface area contributed by atoms with Crippen LogP contribution < -0.4 is 10.1 Å². The van der Waals surface area contributed by atoms with E-state index in [-0.39, 0.29) is 12.1 Å². The van der Waals surface area contributed by atoms with E-state index in [1.165, 1.54) is 5.56 Å². The summed E-state index contributed by atoms with van der Waals surface area (Å²) in [7, 11) is 0. The Morgan fingerprint density at radius 2 is 2.25 bits per heavy atom. The third kappa shape index (κ3) is 2.31. The van der Waals surface area contributed by atoms with Gasteiger partial charge in [0.1, 0.15) is 18.2 Å². The normalized spacial score (nSPS) is 21.3. The van der Waals surface area contributed by atoms with Gasteiger partial charge in [-0.1, -0.05) is 25.1 Å². The number of hydrogen-bond acceptors (Lipinski definition) is 3. The summed E-state index contributed by atoms with van der Waals surface area (Å²) < 4.78 is 8.15. The molecule has 0 amide bonds. The van der Waals surface area contributed by atoms with Crippen LogP contribution in [0.15, 0.2) is 36.7 Å². The lowest BCUT2D eigenvalue weighted by Crippen LogP contribution is -2.37. The Morgan fingerprint density at radius 1 is 1.40 bits per heavy atom. The van der Waals surface area contributed by atoms with E-state index in [0.29, 0.717) is 6.61 Å². The number of nitrogens with zero attached hydrogens (tertiary/aromatic N) is 2. The van der Waals surface area contributed by atoms with Gasteiger partial charge in [0, 0.05) is 18.0 Å². The van der Waals surface area contributed by atoms with Crippen LogP contribution in [0.2, 0.25) is 0 Å². The monoisotopic (exact) mass is 271 g/mol. The summed E-state index contributed by atoms with van der Waals surface area (Å²) in [6, 6.07) is 8.82. The molecule has 0 saturated carbocycles. The van der Waals surface area contributed by atoms with Crippen molar-refractivity contribution in [3.05, 3.63) is 48.0 Å². The first-order chi connectivity index (χ1) is 9.81. The quantitative estimate of drug-likeness (QED) is 0.929. The summed E-state index contributed by atoms with van der Waals surface area (Å²) in [5.74, 6) is 2.02. The highest BCUT2D eigenvalue weighted by Gasteiger charge is 2.32. The Balaban J connectivity index is 1.97. The van der Waals surface area contributed by atoms with Gasteiger partial charge in [-0.05, 0) is 26.0 Å². The van der Waals surface area contributed by atoms with Gasteiger partial charge in [-0.25, -0.2) is 4.98 Å². The molecule has 106 valence electrons. The van der Waals surface area contributed by atoms with Gasteiger partial charge in [-0.2, -0.15) is 0 Å². The highest BCUT2D eigenvalue weighted by molar-refractivity contribution is 5.38. The maximum atomic E-state index is 5.94. The molecule has 1 aromatic carbocycles. The zero-order chi connectivity index (χ0) is 13.9. The second-order valence-electron chi connectivity index (χ2n) is 5.23. The second kappa shape index (κ2) is 5.67. The van der Waals surface area contributed by atoms with Crippen molar-refractivity contribution in [2.24, 2.45) is 0 Å². The van der Waals surface area contributed by atoms with Crippen LogP contribution in [0.25, 0.3) is 0 Å². The molecule has 0 radical (unpaired) electrons. The van der Waals surface area contributed by atoms with Gasteiger partial charge in [0.05, 0.1) is 12.1 Å². The van der Waals surface area contributed by atoms with E-state index < -0.39 is 0 Å². The van der Waals surface area contributed by atoms with E-state index in [0.717, 1.165) is 24.5 Å². The SMILES string of the molecule is CCCNC1c2ccccc2OCC1n1ccnc1C. The fourth-order valence-corrected chi connectivity index (χ4v) is 2.87. The highest BCUT2D eigenvalue weighted by atomic mass is 16.5. The smallest absolute Gasteiger partial charge is 0.124 e. The molecule has 4 heteroatoms. The van der Waals surface area contributed by atoms with Gasteiger partial charge < -0.3 is 14.6 Å². The molecule has 0 saturated heterocycles. The molecule has 0 fully saturated rings. The zero-order valence-corrected chi connectivity index (χ0v) is 12.0. The van der Waals surface area contributed by atoms with Crippen LogP contribution in [-0.2, 0) is 0 Å². The van der Waals surface area contributed by atoms with Gasteiger partial charge in [0.15, 0.2) is 0 Å². The predicted octanol–water partition coefficient (Wildman–Crippen LogP) is 2.87. The van der Waals surface area contributed by atoms with E-state index in [1.807, 2.05) is 31.5 Å². The molecular weight excluding hydrogens is 250 g/mol. The van der Waals surface area contributed by atoms with Crippen LogP contribution in [0.3, 0.4) is 0 Å². The molecule has 1 aliphatic rings. The summed E-state index contributed by atoms with van der Waals surface area (Å²) in [4.78, 5) is 4.34. The minimum Gasteiger partial charge on any atom is -0.491 e. The molecule has 2 unspecified atom stereocenters. The number of imidazole rings is 1. The molecule has 3 rings (SSSR count). The Morgan fingerprint density at radius 3 is 3.00 bits per heavy atom. The lowest BCUT2D eigenvalue weighted by molar-refractivity contribution is 0.178. The molecule has 2 aromatic rings. The number of hydrogen-bond donors (Lipinski definition) is 1. The molecule has 20 heavy (non-hydrogen) atoms. The third-order valence-corrected chi connectivity index (χ3v) is 3.88. The van der Waals surface area contributed by atoms with Crippen molar-refractivity contribution in [3.63, 3.8) is 0 Å². The van der Waals surface area contributed by atoms with Crippen LogP contribution >= 0.6 is 0 Å². The van der Waals surface area contributed by atoms with Crippen LogP contribution in [0.1, 0.15) is 36.8 Å². The van der Waals surface area contributed by atoms with Gasteiger partial charge in [-0.15, -0.1) is 0 Å². The zero-order valence-electron chi connectivity index (χ0n) is 12.0. The van der Waals surface area contributed by atoms with E-state index in [2.05, 4.69) is 33.9 Å². The van der Waals surface area contributed by atoms with Crippen LogP contribution in [0.4, 0.5) is 0 Å². The maximum absolute atomic E-state index is 5.94. The van der Waals surface area contributed by atoms with E-state index >= 15 is 0 Å². The van der Waals surface area contributed by atoms with Crippen molar-refractivity contribution >= 4 is 0 Å². The third-order valence-electron chi connectivity index (χ3n) is 3.88. The number of aromatic nitrogens is 2. The number of rotatable bonds is 4. The van der Waals surface area contributed by atoms with Crippen molar-refractivity contribution in [2.75, 3.05) is 13.2 Å². The molecule has 2 heterocycles. The van der Waals surface area contributed by atoms with Gasteiger partial charge in [-0.3, -0.25) is 0 Å². The molecule has 1 aliphatic heterocycles. The number of benzene rings is 1.